The zero-order chi connectivity index (χ0) is 21.7. The van der Waals surface area contributed by atoms with Crippen LogP contribution in [0.2, 0.25) is 0 Å². The Kier molecular flexibility index (Phi) is 6.68. The third-order valence-corrected chi connectivity index (χ3v) is 4.73. The molecule has 0 aliphatic rings. The minimum absolute atomic E-state index is 0.0464. The van der Waals surface area contributed by atoms with Crippen LogP contribution in [0.15, 0.2) is 40.9 Å². The van der Waals surface area contributed by atoms with Crippen molar-refractivity contribution in [1.82, 2.24) is 20.5 Å². The number of nitrogens with zero attached hydrogens (tertiary/aromatic N) is 4. The number of carbonyl (C=O) groups excluding carboxylic acids is 2. The standard InChI is InChI=1S/C22H25N5O3/c1-5-16-7-6-8-17(9-16)18-10-19(22(14(2)28)24-11-18)27(4)21(29)13-23-12-20-26-25-15(3)30-20/h6-11,23H,5,12-13H2,1-4H3. The largest absolute Gasteiger partial charge is 0.424 e. The number of aromatic nitrogens is 3. The van der Waals surface area contributed by atoms with Crippen molar-refractivity contribution in [1.29, 1.82) is 0 Å². The summed E-state index contributed by atoms with van der Waals surface area (Å²) in [4.78, 5) is 30.6. The van der Waals surface area contributed by atoms with E-state index in [1.54, 1.807) is 20.2 Å². The first-order valence-corrected chi connectivity index (χ1v) is 9.75. The molecule has 2 heterocycles. The molecule has 0 bridgehead atoms. The number of anilines is 1. The van der Waals surface area contributed by atoms with Gasteiger partial charge in [0.25, 0.3) is 0 Å². The number of rotatable bonds is 8. The molecule has 3 rings (SSSR count). The van der Waals surface area contributed by atoms with E-state index in [0.29, 0.717) is 17.5 Å². The van der Waals surface area contributed by atoms with Gasteiger partial charge in [-0.25, -0.2) is 0 Å². The molecule has 1 N–H and O–H groups in total. The van der Waals surface area contributed by atoms with Crippen molar-refractivity contribution in [2.75, 3.05) is 18.5 Å². The molecule has 0 aliphatic carbocycles. The smallest absolute Gasteiger partial charge is 0.240 e. The van der Waals surface area contributed by atoms with Gasteiger partial charge in [-0.3, -0.25) is 19.9 Å². The van der Waals surface area contributed by atoms with Gasteiger partial charge in [0, 0.05) is 32.7 Å². The number of Topliss-reactive ketones (excluding diaryl/α,β-unsaturated/α-hetero) is 1. The van der Waals surface area contributed by atoms with Gasteiger partial charge < -0.3 is 9.32 Å². The summed E-state index contributed by atoms with van der Waals surface area (Å²) in [5, 5.41) is 10.6. The molecule has 8 nitrogen and oxygen atoms in total. The molecule has 0 fully saturated rings. The summed E-state index contributed by atoms with van der Waals surface area (Å²) in [5.74, 6) is 0.464. The Morgan fingerprint density at radius 1 is 1.17 bits per heavy atom. The van der Waals surface area contributed by atoms with E-state index in [2.05, 4.69) is 39.6 Å². The van der Waals surface area contributed by atoms with Gasteiger partial charge in [-0.05, 0) is 23.6 Å². The first kappa shape index (κ1) is 21.3. The van der Waals surface area contributed by atoms with Gasteiger partial charge in [-0.2, -0.15) is 0 Å². The van der Waals surface area contributed by atoms with Gasteiger partial charge in [-0.1, -0.05) is 31.2 Å². The second-order valence-electron chi connectivity index (χ2n) is 6.97. The fourth-order valence-corrected chi connectivity index (χ4v) is 3.05. The van der Waals surface area contributed by atoms with Crippen LogP contribution in [0.4, 0.5) is 5.69 Å². The summed E-state index contributed by atoms with van der Waals surface area (Å²) in [6.45, 7) is 5.57. The molecule has 30 heavy (non-hydrogen) atoms. The van der Waals surface area contributed by atoms with E-state index in [4.69, 9.17) is 4.42 Å². The Morgan fingerprint density at radius 3 is 2.63 bits per heavy atom. The lowest BCUT2D eigenvalue weighted by Gasteiger charge is -2.20. The lowest BCUT2D eigenvalue weighted by Crippen LogP contribution is -2.36. The monoisotopic (exact) mass is 407 g/mol. The van der Waals surface area contributed by atoms with Crippen LogP contribution in [0.3, 0.4) is 0 Å². The molecule has 3 aromatic rings. The summed E-state index contributed by atoms with van der Waals surface area (Å²) in [6, 6.07) is 9.96. The Morgan fingerprint density at radius 2 is 1.97 bits per heavy atom. The van der Waals surface area contributed by atoms with Crippen LogP contribution in [0.25, 0.3) is 11.1 Å². The number of benzene rings is 1. The van der Waals surface area contributed by atoms with Crippen LogP contribution in [0.1, 0.15) is 41.7 Å². The molecule has 156 valence electrons. The van der Waals surface area contributed by atoms with Crippen LogP contribution >= 0.6 is 0 Å². The minimum atomic E-state index is -0.213. The van der Waals surface area contributed by atoms with Gasteiger partial charge in [0.2, 0.25) is 17.7 Å². The van der Waals surface area contributed by atoms with E-state index in [1.807, 2.05) is 18.2 Å². The molecule has 0 saturated heterocycles. The van der Waals surface area contributed by atoms with Crippen molar-refractivity contribution >= 4 is 17.4 Å². The highest BCUT2D eigenvalue weighted by Gasteiger charge is 2.19. The quantitative estimate of drug-likeness (QED) is 0.573. The average Bonchev–Trinajstić information content (AvgIpc) is 3.17. The Balaban J connectivity index is 1.80. The van der Waals surface area contributed by atoms with Crippen molar-refractivity contribution in [2.24, 2.45) is 0 Å². The first-order valence-electron chi connectivity index (χ1n) is 9.75. The maximum atomic E-state index is 12.7. The van der Waals surface area contributed by atoms with Crippen molar-refractivity contribution in [3.05, 3.63) is 59.6 Å². The third kappa shape index (κ3) is 4.96. The summed E-state index contributed by atoms with van der Waals surface area (Å²) < 4.78 is 5.28. The second kappa shape index (κ2) is 9.41. The maximum Gasteiger partial charge on any atom is 0.240 e. The lowest BCUT2D eigenvalue weighted by atomic mass is 10.0. The molecule has 0 saturated carbocycles. The van der Waals surface area contributed by atoms with E-state index in [1.165, 1.54) is 17.4 Å². The summed E-state index contributed by atoms with van der Waals surface area (Å²) in [5.41, 5.74) is 3.77. The van der Waals surface area contributed by atoms with Gasteiger partial charge in [0.05, 0.1) is 18.8 Å². The predicted octanol–water partition coefficient (Wildman–Crippen LogP) is 2.96. The number of likely N-dealkylation sites (N-methyl/N-ethyl adjacent to an activating group) is 1. The van der Waals surface area contributed by atoms with Gasteiger partial charge in [-0.15, -0.1) is 10.2 Å². The molecule has 2 aromatic heterocycles. The summed E-state index contributed by atoms with van der Waals surface area (Å²) >= 11 is 0. The van der Waals surface area contributed by atoms with Crippen molar-refractivity contribution in [3.8, 4) is 11.1 Å². The summed E-state index contributed by atoms with van der Waals surface area (Å²) in [6.07, 6.45) is 2.59. The lowest BCUT2D eigenvalue weighted by molar-refractivity contribution is -0.117. The fraction of sp³-hybridized carbons (Fsp3) is 0.318. The van der Waals surface area contributed by atoms with E-state index in [9.17, 15) is 9.59 Å². The highest BCUT2D eigenvalue weighted by atomic mass is 16.4. The van der Waals surface area contributed by atoms with Gasteiger partial charge in [0.1, 0.15) is 5.69 Å². The molecule has 8 heteroatoms. The van der Waals surface area contributed by atoms with Crippen LogP contribution in [-0.4, -0.2) is 40.5 Å². The van der Waals surface area contributed by atoms with Crippen molar-refractivity contribution in [3.63, 3.8) is 0 Å². The number of hydrogen-bond acceptors (Lipinski definition) is 7. The van der Waals surface area contributed by atoms with Gasteiger partial charge in [0.15, 0.2) is 5.78 Å². The molecular formula is C22H25N5O3. The molecule has 0 atom stereocenters. The molecular weight excluding hydrogens is 382 g/mol. The molecule has 0 aliphatic heterocycles. The van der Waals surface area contributed by atoms with E-state index in [-0.39, 0.29) is 30.5 Å². The molecule has 0 radical (unpaired) electrons. The van der Waals surface area contributed by atoms with Crippen LogP contribution < -0.4 is 10.2 Å². The topological polar surface area (TPSA) is 101 Å². The first-order chi connectivity index (χ1) is 14.4. The number of ketones is 1. The molecule has 0 unspecified atom stereocenters. The average molecular weight is 407 g/mol. The molecule has 1 aromatic carbocycles. The zero-order valence-electron chi connectivity index (χ0n) is 17.6. The van der Waals surface area contributed by atoms with E-state index >= 15 is 0 Å². The maximum absolute atomic E-state index is 12.7. The van der Waals surface area contributed by atoms with Crippen LogP contribution in [0, 0.1) is 6.92 Å². The highest BCUT2D eigenvalue weighted by molar-refractivity contribution is 6.04. The molecule has 1 amide bonds. The Hall–Kier alpha value is -3.39. The number of pyridine rings is 1. The number of hydrogen-bond donors (Lipinski definition) is 1. The number of amides is 1. The normalized spacial score (nSPS) is 10.8. The highest BCUT2D eigenvalue weighted by Crippen LogP contribution is 2.27. The summed E-state index contributed by atoms with van der Waals surface area (Å²) in [7, 11) is 1.64. The van der Waals surface area contributed by atoms with Crippen molar-refractivity contribution < 1.29 is 14.0 Å². The minimum Gasteiger partial charge on any atom is -0.424 e. The third-order valence-electron chi connectivity index (χ3n) is 4.73. The number of aryl methyl sites for hydroxylation is 2. The van der Waals surface area contributed by atoms with Crippen LogP contribution in [0.5, 0.6) is 0 Å². The van der Waals surface area contributed by atoms with E-state index < -0.39 is 0 Å². The van der Waals surface area contributed by atoms with Crippen LogP contribution in [-0.2, 0) is 17.8 Å². The number of nitrogens with one attached hydrogen (secondary N) is 1. The Bertz CT molecular complexity index is 1060. The second-order valence-corrected chi connectivity index (χ2v) is 6.97. The SMILES string of the molecule is CCc1cccc(-c2cnc(C(C)=O)c(N(C)C(=O)CNCc3nnc(C)o3)c2)c1. The Labute approximate surface area is 175 Å². The predicted molar refractivity (Wildman–Crippen MR) is 113 cm³/mol. The molecule has 0 spiro atoms. The van der Waals surface area contributed by atoms with Gasteiger partial charge >= 0.3 is 0 Å². The van der Waals surface area contributed by atoms with Crippen molar-refractivity contribution in [2.45, 2.75) is 33.7 Å². The fourth-order valence-electron chi connectivity index (χ4n) is 3.05. The number of carbonyl (C=O) groups is 2. The van der Waals surface area contributed by atoms with E-state index in [0.717, 1.165) is 17.5 Å². The zero-order valence-corrected chi connectivity index (χ0v) is 17.6.